The zero-order valence-electron chi connectivity index (χ0n) is 9.03. The molecule has 90 valence electrons. The van der Waals surface area contributed by atoms with Crippen molar-refractivity contribution < 1.29 is 9.53 Å². The molecule has 1 unspecified atom stereocenters. The number of ether oxygens (including phenoxy) is 1. The van der Waals surface area contributed by atoms with Crippen LogP contribution in [0.25, 0.3) is 0 Å². The van der Waals surface area contributed by atoms with E-state index in [4.69, 9.17) is 10.5 Å². The van der Waals surface area contributed by atoms with Crippen LogP contribution in [0, 0.1) is 0 Å². The lowest BCUT2D eigenvalue weighted by Crippen LogP contribution is -2.40. The maximum atomic E-state index is 11.5. The zero-order valence-corrected chi connectivity index (χ0v) is 11.4. The molecule has 0 bridgehead atoms. The summed E-state index contributed by atoms with van der Waals surface area (Å²) in [6.45, 7) is 1.02. The first-order valence-corrected chi connectivity index (χ1v) is 6.56. The third-order valence-corrected chi connectivity index (χ3v) is 3.73. The number of rotatable bonds is 6. The van der Waals surface area contributed by atoms with Crippen LogP contribution >= 0.6 is 27.3 Å². The quantitative estimate of drug-likeness (QED) is 0.837. The Bertz CT molecular complexity index is 343. The van der Waals surface area contributed by atoms with Gasteiger partial charge >= 0.3 is 0 Å². The van der Waals surface area contributed by atoms with Gasteiger partial charge < -0.3 is 15.8 Å². The van der Waals surface area contributed by atoms with Gasteiger partial charge in [0.25, 0.3) is 0 Å². The van der Waals surface area contributed by atoms with Crippen molar-refractivity contribution in [3.63, 3.8) is 0 Å². The molecule has 0 spiro atoms. The van der Waals surface area contributed by atoms with E-state index in [1.807, 2.05) is 11.4 Å². The van der Waals surface area contributed by atoms with Gasteiger partial charge in [-0.1, -0.05) is 0 Å². The van der Waals surface area contributed by atoms with Crippen molar-refractivity contribution in [3.8, 4) is 0 Å². The summed E-state index contributed by atoms with van der Waals surface area (Å²) in [5, 5.41) is 4.77. The van der Waals surface area contributed by atoms with E-state index in [9.17, 15) is 4.79 Å². The molecule has 0 aliphatic rings. The van der Waals surface area contributed by atoms with Crippen molar-refractivity contribution >= 4 is 33.2 Å². The van der Waals surface area contributed by atoms with Gasteiger partial charge in [0.1, 0.15) is 0 Å². The molecule has 1 aromatic heterocycles. The van der Waals surface area contributed by atoms with E-state index in [0.29, 0.717) is 19.6 Å². The topological polar surface area (TPSA) is 64.3 Å². The molecule has 0 aliphatic carbocycles. The van der Waals surface area contributed by atoms with Crippen molar-refractivity contribution in [3.05, 3.63) is 20.8 Å². The lowest BCUT2D eigenvalue weighted by molar-refractivity contribution is -0.122. The molecule has 0 aromatic carbocycles. The molecule has 1 heterocycles. The highest BCUT2D eigenvalue weighted by Gasteiger charge is 2.12. The number of carbonyl (C=O) groups excluding carboxylic acids is 1. The Morgan fingerprint density at radius 2 is 2.50 bits per heavy atom. The molecule has 1 amide bonds. The number of nitrogens with two attached hydrogens (primary N) is 1. The van der Waals surface area contributed by atoms with E-state index in [1.54, 1.807) is 18.4 Å². The third kappa shape index (κ3) is 4.61. The minimum atomic E-state index is -0.497. The first kappa shape index (κ1) is 13.6. The summed E-state index contributed by atoms with van der Waals surface area (Å²) in [5.74, 6) is -0.137. The first-order chi connectivity index (χ1) is 7.63. The van der Waals surface area contributed by atoms with E-state index < -0.39 is 6.04 Å². The summed E-state index contributed by atoms with van der Waals surface area (Å²) >= 11 is 4.95. The SMILES string of the molecule is COCCC(N)C(=O)NCc1cc(Br)cs1. The van der Waals surface area contributed by atoms with Crippen LogP contribution in [0.3, 0.4) is 0 Å². The van der Waals surface area contributed by atoms with Crippen LogP contribution in [0.5, 0.6) is 0 Å². The summed E-state index contributed by atoms with van der Waals surface area (Å²) in [5.41, 5.74) is 5.67. The minimum Gasteiger partial charge on any atom is -0.385 e. The molecule has 6 heteroatoms. The lowest BCUT2D eigenvalue weighted by Gasteiger charge is -2.10. The minimum absolute atomic E-state index is 0.137. The van der Waals surface area contributed by atoms with Gasteiger partial charge in [0.15, 0.2) is 0 Å². The lowest BCUT2D eigenvalue weighted by atomic mass is 10.2. The predicted octanol–water partition coefficient (Wildman–Crippen LogP) is 1.49. The molecule has 0 saturated carbocycles. The van der Waals surface area contributed by atoms with E-state index in [1.165, 1.54) is 0 Å². The highest BCUT2D eigenvalue weighted by Crippen LogP contribution is 2.19. The molecule has 16 heavy (non-hydrogen) atoms. The van der Waals surface area contributed by atoms with Gasteiger partial charge in [0.2, 0.25) is 5.91 Å². The van der Waals surface area contributed by atoms with E-state index in [0.717, 1.165) is 9.35 Å². The molecule has 3 N–H and O–H groups in total. The highest BCUT2D eigenvalue weighted by atomic mass is 79.9. The normalized spacial score (nSPS) is 12.4. The molecular weight excluding hydrogens is 292 g/mol. The van der Waals surface area contributed by atoms with Crippen molar-refractivity contribution in [1.82, 2.24) is 5.32 Å². The number of nitrogens with one attached hydrogen (secondary N) is 1. The van der Waals surface area contributed by atoms with Crippen molar-refractivity contribution in [2.75, 3.05) is 13.7 Å². The van der Waals surface area contributed by atoms with Gasteiger partial charge in [-0.25, -0.2) is 0 Å². The fraction of sp³-hybridized carbons (Fsp3) is 0.500. The summed E-state index contributed by atoms with van der Waals surface area (Å²) in [7, 11) is 1.59. The Morgan fingerprint density at radius 1 is 1.75 bits per heavy atom. The van der Waals surface area contributed by atoms with Gasteiger partial charge in [-0.15, -0.1) is 11.3 Å². The van der Waals surface area contributed by atoms with Gasteiger partial charge in [0.05, 0.1) is 12.6 Å². The highest BCUT2D eigenvalue weighted by molar-refractivity contribution is 9.10. The number of thiophene rings is 1. The van der Waals surface area contributed by atoms with E-state index in [2.05, 4.69) is 21.2 Å². The summed E-state index contributed by atoms with van der Waals surface area (Å²) < 4.78 is 5.90. The van der Waals surface area contributed by atoms with E-state index in [-0.39, 0.29) is 5.91 Å². The molecule has 0 radical (unpaired) electrons. The van der Waals surface area contributed by atoms with Crippen LogP contribution in [0.1, 0.15) is 11.3 Å². The van der Waals surface area contributed by atoms with Crippen LogP contribution in [-0.4, -0.2) is 25.7 Å². The second kappa shape index (κ2) is 7.01. The second-order valence-electron chi connectivity index (χ2n) is 3.34. The van der Waals surface area contributed by atoms with Gasteiger partial charge in [-0.05, 0) is 28.4 Å². The molecule has 1 atom stereocenters. The number of hydrogen-bond donors (Lipinski definition) is 2. The van der Waals surface area contributed by atoms with Crippen LogP contribution in [-0.2, 0) is 16.1 Å². The van der Waals surface area contributed by atoms with Gasteiger partial charge in [-0.2, -0.15) is 0 Å². The molecule has 0 fully saturated rings. The van der Waals surface area contributed by atoms with Crippen molar-refractivity contribution in [2.45, 2.75) is 19.0 Å². The van der Waals surface area contributed by atoms with Crippen LogP contribution in [0.15, 0.2) is 15.9 Å². The maximum Gasteiger partial charge on any atom is 0.237 e. The maximum absolute atomic E-state index is 11.5. The van der Waals surface area contributed by atoms with Crippen molar-refractivity contribution in [2.24, 2.45) is 5.73 Å². The molecule has 4 nitrogen and oxygen atoms in total. The van der Waals surface area contributed by atoms with Crippen LogP contribution < -0.4 is 11.1 Å². The predicted molar refractivity (Wildman–Crippen MR) is 68.3 cm³/mol. The number of hydrogen-bond acceptors (Lipinski definition) is 4. The van der Waals surface area contributed by atoms with Gasteiger partial charge in [0, 0.05) is 28.4 Å². The monoisotopic (exact) mass is 306 g/mol. The summed E-state index contributed by atoms with van der Waals surface area (Å²) in [4.78, 5) is 12.6. The second-order valence-corrected chi connectivity index (χ2v) is 5.25. The van der Waals surface area contributed by atoms with Crippen LogP contribution in [0.2, 0.25) is 0 Å². The number of carbonyl (C=O) groups is 1. The number of methoxy groups -OCH3 is 1. The fourth-order valence-corrected chi connectivity index (χ4v) is 2.52. The van der Waals surface area contributed by atoms with Crippen molar-refractivity contribution in [1.29, 1.82) is 0 Å². The largest absolute Gasteiger partial charge is 0.385 e. The van der Waals surface area contributed by atoms with Gasteiger partial charge in [-0.3, -0.25) is 4.79 Å². The Labute approximate surface area is 107 Å². The number of amides is 1. The summed E-state index contributed by atoms with van der Waals surface area (Å²) in [6, 6.07) is 1.48. The fourth-order valence-electron chi connectivity index (χ4n) is 1.13. The first-order valence-electron chi connectivity index (χ1n) is 4.88. The Morgan fingerprint density at radius 3 is 3.06 bits per heavy atom. The molecular formula is C10H15BrN2O2S. The Balaban J connectivity index is 2.29. The standard InChI is InChI=1S/C10H15BrN2O2S/c1-15-3-2-9(12)10(14)13-5-8-4-7(11)6-16-8/h4,6,9H,2-3,5,12H2,1H3,(H,13,14). The Hall–Kier alpha value is -0.430. The third-order valence-electron chi connectivity index (χ3n) is 2.03. The smallest absolute Gasteiger partial charge is 0.237 e. The van der Waals surface area contributed by atoms with Crippen LogP contribution in [0.4, 0.5) is 0 Å². The number of halogens is 1. The average Bonchev–Trinajstić information content (AvgIpc) is 2.68. The molecule has 1 rings (SSSR count). The molecule has 0 aliphatic heterocycles. The molecule has 1 aromatic rings. The Kier molecular flexibility index (Phi) is 5.97. The van der Waals surface area contributed by atoms with E-state index >= 15 is 0 Å². The molecule has 0 saturated heterocycles. The zero-order chi connectivity index (χ0) is 12.0. The summed E-state index contributed by atoms with van der Waals surface area (Å²) in [6.07, 6.45) is 0.538. The average molecular weight is 307 g/mol.